The third-order valence-corrected chi connectivity index (χ3v) is 7.02. The number of ether oxygens (including phenoxy) is 1. The van der Waals surface area contributed by atoms with Crippen molar-refractivity contribution in [3.63, 3.8) is 0 Å². The largest absolute Gasteiger partial charge is 0.477 e. The number of esters is 1. The Bertz CT molecular complexity index is 961. The van der Waals surface area contributed by atoms with Gasteiger partial charge in [0.05, 0.1) is 12.8 Å². The van der Waals surface area contributed by atoms with Gasteiger partial charge in [0, 0.05) is 4.70 Å². The second kappa shape index (κ2) is 9.91. The van der Waals surface area contributed by atoms with Crippen molar-refractivity contribution in [3.8, 4) is 0 Å². The summed E-state index contributed by atoms with van der Waals surface area (Å²) < 4.78 is 61.4. The molecule has 0 amide bonds. The van der Waals surface area contributed by atoms with E-state index >= 15 is 0 Å². The molecule has 0 saturated heterocycles. The van der Waals surface area contributed by atoms with Crippen molar-refractivity contribution in [1.29, 1.82) is 0 Å². The van der Waals surface area contributed by atoms with Gasteiger partial charge in [-0.3, -0.25) is 9.36 Å². The number of fused-ring (bicyclic) bond motifs is 1. The van der Waals surface area contributed by atoms with Gasteiger partial charge in [0.2, 0.25) is 0 Å². The summed E-state index contributed by atoms with van der Waals surface area (Å²) in [5, 5.41) is 12.0. The van der Waals surface area contributed by atoms with Crippen molar-refractivity contribution in [2.45, 2.75) is 38.6 Å². The Morgan fingerprint density at radius 2 is 2.00 bits per heavy atom. The van der Waals surface area contributed by atoms with Crippen LogP contribution in [-0.2, 0) is 24.8 Å². The minimum Gasteiger partial charge on any atom is -0.477 e. The number of rotatable bonds is 10. The molecule has 0 radical (unpaired) electrons. The Balaban J connectivity index is 2.25. The molecule has 0 saturated carbocycles. The van der Waals surface area contributed by atoms with Crippen molar-refractivity contribution in [2.24, 2.45) is 0 Å². The van der Waals surface area contributed by atoms with E-state index in [1.807, 2.05) is 0 Å². The molecular weight excluding hydrogens is 446 g/mol. The van der Waals surface area contributed by atoms with Crippen molar-refractivity contribution in [1.82, 2.24) is 5.09 Å². The lowest BCUT2D eigenvalue weighted by molar-refractivity contribution is -0.153. The van der Waals surface area contributed by atoms with Crippen LogP contribution in [0.1, 0.15) is 35.5 Å². The van der Waals surface area contributed by atoms with Crippen LogP contribution in [0, 0.1) is 0 Å². The minimum absolute atomic E-state index is 0.101. The van der Waals surface area contributed by atoms with E-state index in [2.05, 4.69) is 5.09 Å². The number of aromatic carboxylic acids is 1. The van der Waals surface area contributed by atoms with Gasteiger partial charge in [0.1, 0.15) is 10.9 Å². The molecule has 0 aliphatic rings. The van der Waals surface area contributed by atoms with Crippen molar-refractivity contribution in [2.75, 3.05) is 13.2 Å². The van der Waals surface area contributed by atoms with E-state index in [0.29, 0.717) is 22.1 Å². The van der Waals surface area contributed by atoms with E-state index in [1.54, 1.807) is 13.0 Å². The van der Waals surface area contributed by atoms with Crippen LogP contribution < -0.4 is 5.09 Å². The molecule has 166 valence electrons. The minimum atomic E-state index is -4.71. The second-order valence-corrected chi connectivity index (χ2v) is 9.79. The third kappa shape index (κ3) is 7.09. The van der Waals surface area contributed by atoms with Gasteiger partial charge in [-0.25, -0.2) is 9.88 Å². The zero-order valence-corrected chi connectivity index (χ0v) is 17.9. The average Bonchev–Trinajstić information content (AvgIpc) is 3.07. The quantitative estimate of drug-likeness (QED) is 0.382. The zero-order chi connectivity index (χ0) is 22.5. The first-order valence-corrected chi connectivity index (χ1v) is 11.6. The van der Waals surface area contributed by atoms with Crippen LogP contribution in [0.3, 0.4) is 0 Å². The summed E-state index contributed by atoms with van der Waals surface area (Å²) in [7, 11) is -4.15. The van der Waals surface area contributed by atoms with Crippen LogP contribution in [-0.4, -0.2) is 42.5 Å². The average molecular weight is 467 g/mol. The first-order valence-electron chi connectivity index (χ1n) is 8.93. The number of alkyl halides is 3. The summed E-state index contributed by atoms with van der Waals surface area (Å²) >= 11 is 1.04. The molecule has 12 heteroatoms. The van der Waals surface area contributed by atoms with Crippen LogP contribution in [0.4, 0.5) is 13.2 Å². The monoisotopic (exact) mass is 467 g/mol. The fourth-order valence-electron chi connectivity index (χ4n) is 2.52. The van der Waals surface area contributed by atoms with E-state index < -0.39 is 44.4 Å². The Morgan fingerprint density at radius 3 is 2.60 bits per heavy atom. The summed E-state index contributed by atoms with van der Waals surface area (Å²) in [6.07, 6.45) is -4.58. The van der Waals surface area contributed by atoms with Gasteiger partial charge in [-0.15, -0.1) is 11.3 Å². The highest BCUT2D eigenvalue weighted by molar-refractivity contribution is 7.56. The molecule has 1 aromatic carbocycles. The van der Waals surface area contributed by atoms with Crippen LogP contribution in [0.25, 0.3) is 10.1 Å². The standard InChI is InChI=1S/C18H21F3NO6PS/c1-3-6-27-17(25)11(2)22-29(26,28-10-18(19,20)21)9-12-4-5-14-13(7-12)8-15(30-14)16(23)24/h4-5,7-8,11H,3,6,9-10H2,1-2H3,(H,22,26)(H,23,24). The van der Waals surface area contributed by atoms with Crippen molar-refractivity contribution >= 4 is 40.9 Å². The summed E-state index contributed by atoms with van der Waals surface area (Å²) in [6, 6.07) is 4.92. The van der Waals surface area contributed by atoms with Gasteiger partial charge < -0.3 is 14.4 Å². The number of halogens is 3. The van der Waals surface area contributed by atoms with Gasteiger partial charge in [-0.1, -0.05) is 13.0 Å². The van der Waals surface area contributed by atoms with Gasteiger partial charge >= 0.3 is 18.1 Å². The lowest BCUT2D eigenvalue weighted by Gasteiger charge is -2.23. The van der Waals surface area contributed by atoms with Gasteiger partial charge in [-0.05, 0) is 42.5 Å². The third-order valence-electron chi connectivity index (χ3n) is 3.81. The molecule has 2 rings (SSSR count). The fraction of sp³-hybridized carbons (Fsp3) is 0.444. The topological polar surface area (TPSA) is 102 Å². The summed E-state index contributed by atoms with van der Waals surface area (Å²) in [5.41, 5.74) is 0.365. The molecule has 0 bridgehead atoms. The molecule has 2 atom stereocenters. The molecule has 1 heterocycles. The van der Waals surface area contributed by atoms with Crippen LogP contribution in [0.2, 0.25) is 0 Å². The Hall–Kier alpha value is -1.94. The number of hydrogen-bond donors (Lipinski definition) is 2. The molecule has 2 N–H and O–H groups in total. The SMILES string of the molecule is CCCOC(=O)C(C)NP(=O)(Cc1ccc2sc(C(=O)O)cc2c1)OCC(F)(F)F. The maximum Gasteiger partial charge on any atom is 0.412 e. The first kappa shape index (κ1) is 24.3. The van der Waals surface area contributed by atoms with Gasteiger partial charge in [-0.2, -0.15) is 13.2 Å². The highest BCUT2D eigenvalue weighted by Crippen LogP contribution is 2.48. The lowest BCUT2D eigenvalue weighted by atomic mass is 10.2. The number of carboxylic acid groups (broad SMARTS) is 1. The molecule has 2 unspecified atom stereocenters. The molecular formula is C18H21F3NO6PS. The number of carboxylic acids is 1. The van der Waals surface area contributed by atoms with Crippen molar-refractivity contribution < 1.29 is 41.7 Å². The highest BCUT2D eigenvalue weighted by Gasteiger charge is 2.36. The molecule has 0 aliphatic carbocycles. The fourth-order valence-corrected chi connectivity index (χ4v) is 5.39. The molecule has 1 aromatic heterocycles. The predicted octanol–water partition coefficient (Wildman–Crippen LogP) is 4.80. The van der Waals surface area contributed by atoms with Crippen LogP contribution in [0.5, 0.6) is 0 Å². The second-order valence-electron chi connectivity index (χ2n) is 6.53. The molecule has 30 heavy (non-hydrogen) atoms. The molecule has 2 aromatic rings. The van der Waals surface area contributed by atoms with Crippen LogP contribution >= 0.6 is 18.9 Å². The van der Waals surface area contributed by atoms with Crippen molar-refractivity contribution in [3.05, 3.63) is 34.7 Å². The smallest absolute Gasteiger partial charge is 0.412 e. The number of hydrogen-bond acceptors (Lipinski definition) is 6. The van der Waals surface area contributed by atoms with E-state index in [0.717, 1.165) is 11.3 Å². The van der Waals surface area contributed by atoms with E-state index in [4.69, 9.17) is 14.4 Å². The number of carbonyl (C=O) groups excluding carboxylic acids is 1. The number of thiophene rings is 1. The number of benzene rings is 1. The molecule has 0 aliphatic heterocycles. The maximum absolute atomic E-state index is 13.1. The van der Waals surface area contributed by atoms with E-state index in [9.17, 15) is 27.3 Å². The summed E-state index contributed by atoms with van der Waals surface area (Å²) in [5.74, 6) is -1.86. The molecule has 0 fully saturated rings. The van der Waals surface area contributed by atoms with E-state index in [1.165, 1.54) is 25.1 Å². The molecule has 7 nitrogen and oxygen atoms in total. The maximum atomic E-state index is 13.1. The predicted molar refractivity (Wildman–Crippen MR) is 106 cm³/mol. The Morgan fingerprint density at radius 1 is 1.30 bits per heavy atom. The number of carbonyl (C=O) groups is 2. The first-order chi connectivity index (χ1) is 13.9. The summed E-state index contributed by atoms with van der Waals surface area (Å²) in [4.78, 5) is 23.1. The molecule has 0 spiro atoms. The lowest BCUT2D eigenvalue weighted by Crippen LogP contribution is -2.35. The number of nitrogens with one attached hydrogen (secondary N) is 1. The van der Waals surface area contributed by atoms with Gasteiger partial charge in [0.15, 0.2) is 6.61 Å². The summed E-state index contributed by atoms with van der Waals surface area (Å²) in [6.45, 7) is 1.47. The van der Waals surface area contributed by atoms with E-state index in [-0.39, 0.29) is 11.5 Å². The normalized spacial score (nSPS) is 15.0. The zero-order valence-electron chi connectivity index (χ0n) is 16.2. The highest BCUT2D eigenvalue weighted by atomic mass is 32.1. The van der Waals surface area contributed by atoms with Crippen LogP contribution in [0.15, 0.2) is 24.3 Å². The Labute approximate surface area is 174 Å². The Kier molecular flexibility index (Phi) is 8.04. The van der Waals surface area contributed by atoms with Gasteiger partial charge in [0.25, 0.3) is 7.52 Å².